The monoisotopic (exact) mass is 354 g/mol. The second kappa shape index (κ2) is 6.18. The molecule has 0 unspecified atom stereocenters. The molecule has 1 amide bonds. The lowest BCUT2D eigenvalue weighted by Gasteiger charge is -1.98. The van der Waals surface area contributed by atoms with Crippen molar-refractivity contribution in [1.82, 2.24) is 14.4 Å². The number of anilines is 1. The molecule has 120 valence electrons. The summed E-state index contributed by atoms with van der Waals surface area (Å²) < 4.78 is 1.92. The van der Waals surface area contributed by atoms with Gasteiger partial charge in [0.2, 0.25) is 5.91 Å². The van der Waals surface area contributed by atoms with Gasteiger partial charge in [-0.15, -0.1) is 22.7 Å². The van der Waals surface area contributed by atoms with E-state index >= 15 is 0 Å². The summed E-state index contributed by atoms with van der Waals surface area (Å²) in [6.45, 7) is 2.02. The van der Waals surface area contributed by atoms with Crippen LogP contribution in [0.1, 0.15) is 11.3 Å². The highest BCUT2D eigenvalue weighted by Gasteiger charge is 2.11. The molecule has 0 atom stereocenters. The van der Waals surface area contributed by atoms with Crippen LogP contribution in [0.2, 0.25) is 0 Å². The van der Waals surface area contributed by atoms with Crippen molar-refractivity contribution < 1.29 is 4.79 Å². The van der Waals surface area contributed by atoms with E-state index in [1.54, 1.807) is 11.3 Å². The number of hydrogen-bond acceptors (Lipinski definition) is 5. The predicted octanol–water partition coefficient (Wildman–Crippen LogP) is 4.01. The molecule has 7 heteroatoms. The van der Waals surface area contributed by atoms with Crippen molar-refractivity contribution in [2.24, 2.45) is 0 Å². The number of thiophene rings is 1. The number of fused-ring (bicyclic) bond motifs is 1. The molecule has 0 radical (unpaired) electrons. The van der Waals surface area contributed by atoms with Gasteiger partial charge >= 0.3 is 0 Å². The number of rotatable bonds is 4. The van der Waals surface area contributed by atoms with Gasteiger partial charge in [-0.05, 0) is 36.1 Å². The SMILES string of the molecule is Cc1ccn2cc(CC(=O)Nc3nc(-c4cccs4)cs3)nc2c1. The Morgan fingerprint density at radius 3 is 3.04 bits per heavy atom. The van der Waals surface area contributed by atoms with Gasteiger partial charge in [-0.2, -0.15) is 0 Å². The fourth-order valence-corrected chi connectivity index (χ4v) is 3.91. The highest BCUT2D eigenvalue weighted by Crippen LogP contribution is 2.28. The lowest BCUT2D eigenvalue weighted by molar-refractivity contribution is -0.115. The maximum absolute atomic E-state index is 12.2. The van der Waals surface area contributed by atoms with Crippen LogP contribution in [0.4, 0.5) is 5.13 Å². The standard InChI is InChI=1S/C17H14N4OS2/c1-11-4-5-21-9-12(18-15(21)7-11)8-16(22)20-17-19-13(10-24-17)14-3-2-6-23-14/h2-7,9-10H,8H2,1H3,(H,19,20,22). The molecule has 4 aromatic rings. The average Bonchev–Trinajstić information content (AvgIpc) is 3.25. The highest BCUT2D eigenvalue weighted by molar-refractivity contribution is 7.16. The lowest BCUT2D eigenvalue weighted by Crippen LogP contribution is -2.14. The van der Waals surface area contributed by atoms with Crippen LogP contribution in [0.5, 0.6) is 0 Å². The smallest absolute Gasteiger partial charge is 0.232 e. The van der Waals surface area contributed by atoms with Gasteiger partial charge in [0.25, 0.3) is 0 Å². The summed E-state index contributed by atoms with van der Waals surface area (Å²) in [5, 5.41) is 7.43. The van der Waals surface area contributed by atoms with Gasteiger partial charge in [-0.3, -0.25) is 4.79 Å². The Bertz CT molecular complexity index is 1000. The number of aryl methyl sites for hydroxylation is 1. The molecule has 1 N–H and O–H groups in total. The minimum Gasteiger partial charge on any atom is -0.307 e. The Morgan fingerprint density at radius 2 is 2.21 bits per heavy atom. The zero-order chi connectivity index (χ0) is 16.5. The number of nitrogens with zero attached hydrogens (tertiary/aromatic N) is 3. The number of aromatic nitrogens is 3. The van der Waals surface area contributed by atoms with E-state index in [9.17, 15) is 4.79 Å². The van der Waals surface area contributed by atoms with Gasteiger partial charge in [0, 0.05) is 17.8 Å². The largest absolute Gasteiger partial charge is 0.307 e. The van der Waals surface area contributed by atoms with Crippen molar-refractivity contribution in [3.05, 3.63) is 58.7 Å². The van der Waals surface area contributed by atoms with Gasteiger partial charge in [0.15, 0.2) is 5.13 Å². The number of carbonyl (C=O) groups excluding carboxylic acids is 1. The topological polar surface area (TPSA) is 59.3 Å². The van der Waals surface area contributed by atoms with Gasteiger partial charge < -0.3 is 9.72 Å². The van der Waals surface area contributed by atoms with Crippen molar-refractivity contribution in [3.8, 4) is 10.6 Å². The van der Waals surface area contributed by atoms with E-state index in [1.807, 2.05) is 58.7 Å². The molecule has 4 heterocycles. The molecule has 0 saturated heterocycles. The lowest BCUT2D eigenvalue weighted by atomic mass is 10.3. The van der Waals surface area contributed by atoms with E-state index in [-0.39, 0.29) is 12.3 Å². The quantitative estimate of drug-likeness (QED) is 0.602. The molecule has 5 nitrogen and oxygen atoms in total. The Morgan fingerprint density at radius 1 is 1.29 bits per heavy atom. The zero-order valence-corrected chi connectivity index (χ0v) is 14.5. The van der Waals surface area contributed by atoms with E-state index in [2.05, 4.69) is 15.3 Å². The van der Waals surface area contributed by atoms with Crippen molar-refractivity contribution in [2.75, 3.05) is 5.32 Å². The fourth-order valence-electron chi connectivity index (χ4n) is 2.42. The number of pyridine rings is 1. The summed E-state index contributed by atoms with van der Waals surface area (Å²) in [6.07, 6.45) is 4.06. The van der Waals surface area contributed by atoms with Crippen LogP contribution in [0, 0.1) is 6.92 Å². The summed E-state index contributed by atoms with van der Waals surface area (Å²) in [6, 6.07) is 8.02. The van der Waals surface area contributed by atoms with Gasteiger partial charge in [0.1, 0.15) is 5.65 Å². The average molecular weight is 354 g/mol. The van der Waals surface area contributed by atoms with Gasteiger partial charge in [-0.25, -0.2) is 9.97 Å². The first-order valence-electron chi connectivity index (χ1n) is 7.41. The van der Waals surface area contributed by atoms with E-state index in [1.165, 1.54) is 11.3 Å². The summed E-state index contributed by atoms with van der Waals surface area (Å²) in [5.74, 6) is -0.109. The third-order valence-corrected chi connectivity index (χ3v) is 5.18. The first-order valence-corrected chi connectivity index (χ1v) is 9.17. The van der Waals surface area contributed by atoms with E-state index in [0.29, 0.717) is 5.13 Å². The summed E-state index contributed by atoms with van der Waals surface area (Å²) in [4.78, 5) is 22.3. The highest BCUT2D eigenvalue weighted by atomic mass is 32.1. The molecule has 0 aliphatic heterocycles. The zero-order valence-electron chi connectivity index (χ0n) is 12.9. The molecular formula is C17H14N4OS2. The summed E-state index contributed by atoms with van der Waals surface area (Å²) in [5.41, 5.74) is 3.64. The number of imidazole rings is 1. The molecule has 0 aliphatic carbocycles. The number of carbonyl (C=O) groups is 1. The molecule has 0 aliphatic rings. The van der Waals surface area contributed by atoms with Crippen molar-refractivity contribution in [2.45, 2.75) is 13.3 Å². The van der Waals surface area contributed by atoms with Crippen molar-refractivity contribution >= 4 is 39.4 Å². The van der Waals surface area contributed by atoms with Gasteiger partial charge in [-0.1, -0.05) is 6.07 Å². The Labute approximate surface area is 146 Å². The van der Waals surface area contributed by atoms with Gasteiger partial charge in [0.05, 0.1) is 22.7 Å². The second-order valence-corrected chi connectivity index (χ2v) is 7.25. The number of amides is 1. The van der Waals surface area contributed by atoms with Crippen molar-refractivity contribution in [1.29, 1.82) is 0 Å². The molecule has 0 fully saturated rings. The van der Waals surface area contributed by atoms with Crippen LogP contribution in [0.25, 0.3) is 16.2 Å². The Balaban J connectivity index is 1.46. The maximum atomic E-state index is 12.2. The molecule has 0 spiro atoms. The van der Waals surface area contributed by atoms with Crippen LogP contribution in [0.15, 0.2) is 47.4 Å². The normalized spacial score (nSPS) is 11.0. The second-order valence-electron chi connectivity index (χ2n) is 5.44. The van der Waals surface area contributed by atoms with E-state index < -0.39 is 0 Å². The molecule has 0 saturated carbocycles. The Hall–Kier alpha value is -2.51. The van der Waals surface area contributed by atoms with Crippen LogP contribution in [-0.4, -0.2) is 20.3 Å². The fraction of sp³-hybridized carbons (Fsp3) is 0.118. The van der Waals surface area contributed by atoms with Crippen molar-refractivity contribution in [3.63, 3.8) is 0 Å². The van der Waals surface area contributed by atoms with Crippen LogP contribution >= 0.6 is 22.7 Å². The number of thiazole rings is 1. The van der Waals surface area contributed by atoms with Crippen LogP contribution in [0.3, 0.4) is 0 Å². The molecule has 4 aromatic heterocycles. The van der Waals surface area contributed by atoms with Crippen LogP contribution in [-0.2, 0) is 11.2 Å². The molecule has 0 bridgehead atoms. The Kier molecular flexibility index (Phi) is 3.87. The molecule has 24 heavy (non-hydrogen) atoms. The molecule has 0 aromatic carbocycles. The minimum absolute atomic E-state index is 0.109. The first kappa shape index (κ1) is 15.0. The third-order valence-electron chi connectivity index (χ3n) is 3.53. The maximum Gasteiger partial charge on any atom is 0.232 e. The predicted molar refractivity (Wildman–Crippen MR) is 97.7 cm³/mol. The molecular weight excluding hydrogens is 340 g/mol. The van der Waals surface area contributed by atoms with E-state index in [0.717, 1.165) is 27.5 Å². The first-order chi connectivity index (χ1) is 11.7. The number of nitrogens with one attached hydrogen (secondary N) is 1. The summed E-state index contributed by atoms with van der Waals surface area (Å²) >= 11 is 3.06. The van der Waals surface area contributed by atoms with Crippen LogP contribution < -0.4 is 5.32 Å². The minimum atomic E-state index is -0.109. The summed E-state index contributed by atoms with van der Waals surface area (Å²) in [7, 11) is 0. The van der Waals surface area contributed by atoms with E-state index in [4.69, 9.17) is 0 Å². The number of hydrogen-bond donors (Lipinski definition) is 1. The molecule has 4 rings (SSSR count). The third kappa shape index (κ3) is 3.08.